The number of esters is 2. The standard InChI is InChI=1S/C12H20O.C9H20O5.C9H20O4.C8H18O5.C7H12O5/c13-2-1-12-6-9-3-10(7-12)5-11(4-9)8-12;1-11-4-5-13-8-9-14-7-6-12-3-2-10;1-2-4-11-6-8-13-9-7-12-5-3-10;9-1-3-11-5-7-13-8-6-12-4-2-10;1-5(9)11-4-7(3-8)12-6(2)10/h9-11,13H,1-8H2;10H,2-9H2,1H3;10H,2-9H2,1H3;9-10H,1-8H2;7-8H,3-4H2,1-2H3. The third kappa shape index (κ3) is 44.6. The van der Waals surface area contributed by atoms with E-state index < -0.39 is 18.0 Å². The van der Waals surface area contributed by atoms with Gasteiger partial charge in [-0.05, 0) is 74.5 Å². The van der Waals surface area contributed by atoms with Gasteiger partial charge < -0.3 is 87.5 Å². The van der Waals surface area contributed by atoms with E-state index in [-0.39, 0.29) is 39.6 Å². The molecule has 4 saturated carbocycles. The fourth-order valence-electron chi connectivity index (χ4n) is 7.57. The Hall–Kier alpha value is -1.70. The summed E-state index contributed by atoms with van der Waals surface area (Å²) in [6, 6.07) is 0. The van der Waals surface area contributed by atoms with Crippen molar-refractivity contribution in [3.05, 3.63) is 0 Å². The smallest absolute Gasteiger partial charge is 0.303 e. The van der Waals surface area contributed by atoms with Gasteiger partial charge in [0.1, 0.15) is 6.61 Å². The Labute approximate surface area is 388 Å². The number of aliphatic hydroxyl groups is 6. The van der Waals surface area contributed by atoms with E-state index in [1.54, 1.807) is 7.11 Å². The molecular weight excluding hydrogens is 860 g/mol. The maximum atomic E-state index is 10.4. The van der Waals surface area contributed by atoms with E-state index in [9.17, 15) is 9.59 Å². The molecule has 6 N–H and O–H groups in total. The minimum atomic E-state index is -0.758. The molecule has 0 aromatic carbocycles. The van der Waals surface area contributed by atoms with Crippen LogP contribution in [0, 0.1) is 23.2 Å². The highest BCUT2D eigenvalue weighted by atomic mass is 16.6. The molecule has 20 nitrogen and oxygen atoms in total. The lowest BCUT2D eigenvalue weighted by Crippen LogP contribution is -2.46. The van der Waals surface area contributed by atoms with Crippen LogP contribution in [0.5, 0.6) is 0 Å². The molecule has 4 aliphatic carbocycles. The first-order valence-electron chi connectivity index (χ1n) is 23.2. The van der Waals surface area contributed by atoms with Crippen LogP contribution < -0.4 is 0 Å². The molecule has 0 aromatic heterocycles. The Morgan fingerprint density at radius 3 is 1.06 bits per heavy atom. The molecule has 4 bridgehead atoms. The van der Waals surface area contributed by atoms with E-state index in [1.807, 2.05) is 0 Å². The summed E-state index contributed by atoms with van der Waals surface area (Å²) in [5.74, 6) is 2.13. The SMILES string of the molecule is CC(=O)OCC(CO)OC(C)=O.CCCOCCOCCOCCO.COCCOCCOCCOCCO.OCCC12CC3CC(CC(C3)C1)C2.OCCOCCOCCOCCO. The van der Waals surface area contributed by atoms with Crippen LogP contribution in [0.4, 0.5) is 0 Å². The fourth-order valence-corrected chi connectivity index (χ4v) is 7.57. The zero-order valence-electron chi connectivity index (χ0n) is 40.2. The molecule has 0 heterocycles. The Morgan fingerprint density at radius 1 is 0.477 bits per heavy atom. The average Bonchev–Trinajstić information content (AvgIpc) is 3.27. The van der Waals surface area contributed by atoms with Gasteiger partial charge in [0.05, 0.1) is 152 Å². The molecule has 0 spiro atoms. The number of carbonyl (C=O) groups is 2. The topological polar surface area (TPSA) is 266 Å². The van der Waals surface area contributed by atoms with Crippen LogP contribution in [-0.4, -0.2) is 228 Å². The molecular formula is C45H90O20. The average molecular weight is 951 g/mol. The summed E-state index contributed by atoms with van der Waals surface area (Å²) in [5, 5.41) is 51.2. The number of ether oxygens (including phenoxy) is 12. The predicted molar refractivity (Wildman–Crippen MR) is 239 cm³/mol. The second kappa shape index (κ2) is 50.2. The number of rotatable bonds is 37. The maximum absolute atomic E-state index is 10.4. The highest BCUT2D eigenvalue weighted by Crippen LogP contribution is 2.61. The van der Waals surface area contributed by atoms with Crippen LogP contribution in [-0.2, 0) is 66.4 Å². The molecule has 390 valence electrons. The second-order valence-corrected chi connectivity index (χ2v) is 15.5. The summed E-state index contributed by atoms with van der Waals surface area (Å²) >= 11 is 0. The second-order valence-electron chi connectivity index (χ2n) is 15.5. The van der Waals surface area contributed by atoms with E-state index in [0.717, 1.165) is 37.2 Å². The molecule has 4 fully saturated rings. The van der Waals surface area contributed by atoms with Gasteiger partial charge >= 0.3 is 11.9 Å². The minimum Gasteiger partial charge on any atom is -0.462 e. The Kier molecular flexibility index (Phi) is 50.5. The molecule has 65 heavy (non-hydrogen) atoms. The lowest BCUT2D eigenvalue weighted by Gasteiger charge is -2.57. The molecule has 0 aliphatic heterocycles. The molecule has 0 aromatic rings. The van der Waals surface area contributed by atoms with E-state index in [1.165, 1.54) is 52.4 Å². The molecule has 20 heteroatoms. The van der Waals surface area contributed by atoms with E-state index in [4.69, 9.17) is 78.0 Å². The van der Waals surface area contributed by atoms with Gasteiger partial charge in [-0.3, -0.25) is 9.59 Å². The molecule has 0 radical (unpaired) electrons. The number of aliphatic hydroxyl groups excluding tert-OH is 6. The van der Waals surface area contributed by atoms with Crippen molar-refractivity contribution in [2.75, 3.05) is 179 Å². The number of carbonyl (C=O) groups excluding carboxylic acids is 2. The molecule has 1 atom stereocenters. The monoisotopic (exact) mass is 951 g/mol. The van der Waals surface area contributed by atoms with Crippen LogP contribution >= 0.6 is 0 Å². The minimum absolute atomic E-state index is 0.0413. The largest absolute Gasteiger partial charge is 0.462 e. The van der Waals surface area contributed by atoms with E-state index in [0.29, 0.717) is 131 Å². The number of hydrogen-bond donors (Lipinski definition) is 6. The van der Waals surface area contributed by atoms with Gasteiger partial charge in [0.15, 0.2) is 6.10 Å². The first-order chi connectivity index (χ1) is 31.6. The van der Waals surface area contributed by atoms with Crippen LogP contribution in [0.3, 0.4) is 0 Å². The van der Waals surface area contributed by atoms with Gasteiger partial charge in [-0.1, -0.05) is 6.92 Å². The number of hydrogen-bond acceptors (Lipinski definition) is 20. The quantitative estimate of drug-likeness (QED) is 0.0377. The maximum Gasteiger partial charge on any atom is 0.303 e. The van der Waals surface area contributed by atoms with Crippen LogP contribution in [0.2, 0.25) is 0 Å². The zero-order chi connectivity index (χ0) is 48.5. The lowest BCUT2D eigenvalue weighted by atomic mass is 9.49. The van der Waals surface area contributed by atoms with E-state index in [2.05, 4.69) is 16.4 Å². The van der Waals surface area contributed by atoms with Crippen molar-refractivity contribution in [2.45, 2.75) is 78.2 Å². The first-order valence-corrected chi connectivity index (χ1v) is 23.2. The number of methoxy groups -OCH3 is 1. The first kappa shape index (κ1) is 65.4. The molecule has 1 unspecified atom stereocenters. The summed E-state index contributed by atoms with van der Waals surface area (Å²) in [7, 11) is 1.64. The van der Waals surface area contributed by atoms with Crippen LogP contribution in [0.1, 0.15) is 72.1 Å². The van der Waals surface area contributed by atoms with Crippen molar-refractivity contribution in [1.82, 2.24) is 0 Å². The third-order valence-corrected chi connectivity index (χ3v) is 9.77. The summed E-state index contributed by atoms with van der Waals surface area (Å²) in [5.41, 5.74) is 0.601. The van der Waals surface area contributed by atoms with Gasteiger partial charge in [-0.2, -0.15) is 0 Å². The summed E-state index contributed by atoms with van der Waals surface area (Å²) in [6.45, 7) is 14.7. The highest BCUT2D eigenvalue weighted by Gasteiger charge is 2.50. The molecule has 0 saturated heterocycles. The summed E-state index contributed by atoms with van der Waals surface area (Å²) < 4.78 is 59.7. The Bertz CT molecular complexity index is 906. The highest BCUT2D eigenvalue weighted by molar-refractivity contribution is 5.67. The molecule has 0 amide bonds. The van der Waals surface area contributed by atoms with Crippen LogP contribution in [0.15, 0.2) is 0 Å². The zero-order valence-corrected chi connectivity index (χ0v) is 40.2. The van der Waals surface area contributed by atoms with Gasteiger partial charge in [0.25, 0.3) is 0 Å². The Balaban J connectivity index is 0. The normalized spacial score (nSPS) is 19.3. The predicted octanol–water partition coefficient (Wildman–Crippen LogP) is 1.19. The van der Waals surface area contributed by atoms with Crippen molar-refractivity contribution in [1.29, 1.82) is 0 Å². The van der Waals surface area contributed by atoms with Gasteiger partial charge in [-0.15, -0.1) is 0 Å². The van der Waals surface area contributed by atoms with Crippen molar-refractivity contribution in [3.63, 3.8) is 0 Å². The Morgan fingerprint density at radius 2 is 0.800 bits per heavy atom. The van der Waals surface area contributed by atoms with Gasteiger partial charge in [-0.25, -0.2) is 0 Å². The lowest BCUT2D eigenvalue weighted by molar-refractivity contribution is -0.158. The molecule has 4 rings (SSSR count). The summed E-state index contributed by atoms with van der Waals surface area (Å²) in [4.78, 5) is 20.7. The van der Waals surface area contributed by atoms with Crippen molar-refractivity contribution in [3.8, 4) is 0 Å². The van der Waals surface area contributed by atoms with Gasteiger partial charge in [0.2, 0.25) is 0 Å². The molecule has 4 aliphatic rings. The van der Waals surface area contributed by atoms with Crippen molar-refractivity contribution >= 4 is 11.9 Å². The van der Waals surface area contributed by atoms with Gasteiger partial charge in [0, 0.05) is 34.2 Å². The van der Waals surface area contributed by atoms with Crippen LogP contribution in [0.25, 0.3) is 0 Å². The summed E-state index contributed by atoms with van der Waals surface area (Å²) in [6.07, 6.45) is 10.3. The van der Waals surface area contributed by atoms with E-state index >= 15 is 0 Å². The van der Waals surface area contributed by atoms with Crippen molar-refractivity contribution in [2.24, 2.45) is 23.2 Å². The fraction of sp³-hybridized carbons (Fsp3) is 0.956. The third-order valence-electron chi connectivity index (χ3n) is 9.77. The van der Waals surface area contributed by atoms with Crippen molar-refractivity contribution < 1.29 is 97.1 Å².